The van der Waals surface area contributed by atoms with Crippen LogP contribution in [0.15, 0.2) is 42.6 Å². The number of H-pyrrole nitrogens is 1. The van der Waals surface area contributed by atoms with E-state index in [1.807, 2.05) is 30.3 Å². The zero-order chi connectivity index (χ0) is 19.1. The van der Waals surface area contributed by atoms with Crippen LogP contribution in [0, 0.1) is 5.41 Å². The fourth-order valence-electron chi connectivity index (χ4n) is 3.78. The lowest BCUT2D eigenvalue weighted by Gasteiger charge is -2.36. The van der Waals surface area contributed by atoms with Crippen molar-refractivity contribution in [3.8, 4) is 0 Å². The molecule has 1 unspecified atom stereocenters. The number of amides is 2. The van der Waals surface area contributed by atoms with E-state index in [2.05, 4.69) is 20.8 Å². The number of rotatable bonds is 7. The zero-order valence-electron chi connectivity index (χ0n) is 16.2. The van der Waals surface area contributed by atoms with Crippen LogP contribution in [0.2, 0.25) is 0 Å². The average molecular weight is 442 g/mol. The molecule has 1 atom stereocenters. The first-order valence-corrected chi connectivity index (χ1v) is 9.46. The predicted octanol–water partition coefficient (Wildman–Crippen LogP) is 3.35. The number of carbonyl (C=O) groups is 2. The van der Waals surface area contributed by atoms with Crippen molar-refractivity contribution < 1.29 is 9.59 Å². The highest BCUT2D eigenvalue weighted by atomic mass is 35.5. The van der Waals surface area contributed by atoms with Crippen molar-refractivity contribution in [2.75, 3.05) is 11.9 Å². The molecule has 1 aliphatic rings. The summed E-state index contributed by atoms with van der Waals surface area (Å²) in [5, 5.41) is 12.2. The predicted molar refractivity (Wildman–Crippen MR) is 118 cm³/mol. The SMILES string of the molecule is Cl.Cl.NCC1(CC(=O)NC(C(=O)Nc2ccn[nH]2)c2ccccc2)CCCCC1. The topological polar surface area (TPSA) is 113 Å². The molecule has 160 valence electrons. The number of carbonyl (C=O) groups excluding carboxylic acids is 2. The number of benzene rings is 1. The summed E-state index contributed by atoms with van der Waals surface area (Å²) in [6.45, 7) is 0.497. The molecule has 7 nitrogen and oxygen atoms in total. The third-order valence-corrected chi connectivity index (χ3v) is 5.34. The van der Waals surface area contributed by atoms with Gasteiger partial charge in [-0.2, -0.15) is 5.10 Å². The molecule has 0 spiro atoms. The summed E-state index contributed by atoms with van der Waals surface area (Å²) in [6, 6.07) is 10.1. The summed E-state index contributed by atoms with van der Waals surface area (Å²) in [7, 11) is 0. The van der Waals surface area contributed by atoms with Crippen LogP contribution in [0.4, 0.5) is 5.82 Å². The fraction of sp³-hybridized carbons (Fsp3) is 0.450. The molecule has 1 saturated carbocycles. The van der Waals surface area contributed by atoms with Gasteiger partial charge in [0.25, 0.3) is 5.91 Å². The Hall–Kier alpha value is -2.09. The molecule has 0 radical (unpaired) electrons. The number of nitrogens with zero attached hydrogens (tertiary/aromatic N) is 1. The standard InChI is InChI=1S/C20H27N5O2.2ClH/c21-14-20(10-5-2-6-11-20)13-17(26)24-18(15-7-3-1-4-8-15)19(27)23-16-9-12-22-25-16;;/h1,3-4,7-9,12,18H,2,5-6,10-11,13-14,21H2,(H,24,26)(H2,22,23,25,27);2*1H. The van der Waals surface area contributed by atoms with E-state index in [-0.39, 0.29) is 42.0 Å². The second kappa shape index (κ2) is 11.8. The maximum absolute atomic E-state index is 12.8. The Balaban J connectivity index is 0.00000210. The Labute approximate surface area is 183 Å². The molecule has 0 saturated heterocycles. The van der Waals surface area contributed by atoms with E-state index in [0.29, 0.717) is 18.8 Å². The number of aromatic nitrogens is 2. The normalized spacial score (nSPS) is 15.9. The maximum Gasteiger partial charge on any atom is 0.252 e. The summed E-state index contributed by atoms with van der Waals surface area (Å²) < 4.78 is 0. The molecule has 9 heteroatoms. The summed E-state index contributed by atoms with van der Waals surface area (Å²) >= 11 is 0. The van der Waals surface area contributed by atoms with Crippen molar-refractivity contribution in [2.45, 2.75) is 44.6 Å². The van der Waals surface area contributed by atoms with Gasteiger partial charge in [-0.3, -0.25) is 14.7 Å². The van der Waals surface area contributed by atoms with Gasteiger partial charge in [0.05, 0.1) is 6.20 Å². The minimum absolute atomic E-state index is 0. The van der Waals surface area contributed by atoms with E-state index < -0.39 is 6.04 Å². The van der Waals surface area contributed by atoms with E-state index in [4.69, 9.17) is 5.73 Å². The van der Waals surface area contributed by atoms with Crippen molar-refractivity contribution in [1.82, 2.24) is 15.5 Å². The van der Waals surface area contributed by atoms with E-state index in [1.165, 1.54) is 6.42 Å². The summed E-state index contributed by atoms with van der Waals surface area (Å²) in [4.78, 5) is 25.6. The first kappa shape index (κ1) is 24.9. The summed E-state index contributed by atoms with van der Waals surface area (Å²) in [5.41, 5.74) is 6.59. The average Bonchev–Trinajstić information content (AvgIpc) is 3.20. The monoisotopic (exact) mass is 441 g/mol. The Bertz CT molecular complexity index is 749. The molecular weight excluding hydrogens is 413 g/mol. The minimum atomic E-state index is -0.777. The van der Waals surface area contributed by atoms with Gasteiger partial charge >= 0.3 is 0 Å². The number of nitrogens with two attached hydrogens (primary N) is 1. The lowest BCUT2D eigenvalue weighted by atomic mass is 9.71. The number of halogens is 2. The number of hydrogen-bond acceptors (Lipinski definition) is 4. The van der Waals surface area contributed by atoms with Gasteiger partial charge in [0, 0.05) is 12.5 Å². The van der Waals surface area contributed by atoms with Crippen LogP contribution in [0.1, 0.15) is 50.1 Å². The molecule has 5 N–H and O–H groups in total. The molecule has 1 aromatic carbocycles. The molecule has 0 bridgehead atoms. The van der Waals surface area contributed by atoms with Crippen LogP contribution in [0.25, 0.3) is 0 Å². The first-order valence-electron chi connectivity index (χ1n) is 9.46. The van der Waals surface area contributed by atoms with Gasteiger partial charge in [0.15, 0.2) is 0 Å². The second-order valence-electron chi connectivity index (χ2n) is 7.31. The second-order valence-corrected chi connectivity index (χ2v) is 7.31. The third-order valence-electron chi connectivity index (χ3n) is 5.34. The fourth-order valence-corrected chi connectivity index (χ4v) is 3.78. The molecule has 1 aromatic heterocycles. The number of aromatic amines is 1. The largest absolute Gasteiger partial charge is 0.341 e. The Kier molecular flexibility index (Phi) is 10.2. The molecule has 1 aliphatic carbocycles. The highest BCUT2D eigenvalue weighted by Crippen LogP contribution is 2.38. The quantitative estimate of drug-likeness (QED) is 0.527. The molecular formula is C20H29Cl2N5O2. The van der Waals surface area contributed by atoms with Gasteiger partial charge in [0.2, 0.25) is 5.91 Å². The molecule has 1 heterocycles. The summed E-state index contributed by atoms with van der Waals surface area (Å²) in [5.74, 6) is 0.0288. The van der Waals surface area contributed by atoms with Crippen molar-refractivity contribution in [2.24, 2.45) is 11.1 Å². The molecule has 0 aliphatic heterocycles. The summed E-state index contributed by atoms with van der Waals surface area (Å²) in [6.07, 6.45) is 7.24. The highest BCUT2D eigenvalue weighted by molar-refractivity contribution is 5.97. The number of anilines is 1. The van der Waals surface area contributed by atoms with Crippen molar-refractivity contribution in [3.63, 3.8) is 0 Å². The smallest absolute Gasteiger partial charge is 0.252 e. The van der Waals surface area contributed by atoms with Crippen LogP contribution < -0.4 is 16.4 Å². The molecule has 2 aromatic rings. The van der Waals surface area contributed by atoms with Crippen LogP contribution in [0.5, 0.6) is 0 Å². The number of hydrogen-bond donors (Lipinski definition) is 4. The van der Waals surface area contributed by atoms with Crippen molar-refractivity contribution in [3.05, 3.63) is 48.2 Å². The molecule has 2 amide bonds. The van der Waals surface area contributed by atoms with E-state index in [0.717, 1.165) is 31.2 Å². The Morgan fingerprint density at radius 2 is 1.79 bits per heavy atom. The maximum atomic E-state index is 12.8. The van der Waals surface area contributed by atoms with Gasteiger partial charge in [-0.05, 0) is 30.4 Å². The zero-order valence-corrected chi connectivity index (χ0v) is 17.9. The van der Waals surface area contributed by atoms with E-state index in [1.54, 1.807) is 12.3 Å². The van der Waals surface area contributed by atoms with Gasteiger partial charge in [-0.15, -0.1) is 24.8 Å². The molecule has 3 rings (SSSR count). The van der Waals surface area contributed by atoms with Gasteiger partial charge in [-0.1, -0.05) is 49.6 Å². The third kappa shape index (κ3) is 6.73. The van der Waals surface area contributed by atoms with Crippen LogP contribution in [-0.4, -0.2) is 28.6 Å². The minimum Gasteiger partial charge on any atom is -0.341 e. The highest BCUT2D eigenvalue weighted by Gasteiger charge is 2.34. The van der Waals surface area contributed by atoms with Gasteiger partial charge in [-0.25, -0.2) is 0 Å². The van der Waals surface area contributed by atoms with Crippen molar-refractivity contribution >= 4 is 42.4 Å². The molecule has 1 fully saturated rings. The van der Waals surface area contributed by atoms with Crippen LogP contribution >= 0.6 is 24.8 Å². The molecule has 29 heavy (non-hydrogen) atoms. The Morgan fingerprint density at radius 3 is 2.38 bits per heavy atom. The van der Waals surface area contributed by atoms with Gasteiger partial charge in [0.1, 0.15) is 11.9 Å². The lowest BCUT2D eigenvalue weighted by molar-refractivity contribution is -0.128. The van der Waals surface area contributed by atoms with Crippen LogP contribution in [-0.2, 0) is 9.59 Å². The lowest BCUT2D eigenvalue weighted by Crippen LogP contribution is -2.42. The number of nitrogens with one attached hydrogen (secondary N) is 3. The van der Waals surface area contributed by atoms with E-state index >= 15 is 0 Å². The van der Waals surface area contributed by atoms with Crippen LogP contribution in [0.3, 0.4) is 0 Å². The van der Waals surface area contributed by atoms with Crippen molar-refractivity contribution in [1.29, 1.82) is 0 Å². The Morgan fingerprint density at radius 1 is 1.10 bits per heavy atom. The van der Waals surface area contributed by atoms with Gasteiger partial charge < -0.3 is 16.4 Å². The first-order chi connectivity index (χ1) is 13.1. The van der Waals surface area contributed by atoms with E-state index in [9.17, 15) is 9.59 Å².